The van der Waals surface area contributed by atoms with Crippen LogP contribution in [0.5, 0.6) is 0 Å². The van der Waals surface area contributed by atoms with Gasteiger partial charge in [0.25, 0.3) is 0 Å². The summed E-state index contributed by atoms with van der Waals surface area (Å²) in [5, 5.41) is 12.0. The van der Waals surface area contributed by atoms with E-state index in [4.69, 9.17) is 15.2 Å². The average molecular weight is 497 g/mol. The number of fused-ring (bicyclic) bond motifs is 1. The van der Waals surface area contributed by atoms with Gasteiger partial charge in [-0.25, -0.2) is 0 Å². The molecule has 1 heterocycles. The molecule has 0 radical (unpaired) electrons. The Hall–Kier alpha value is -3.22. The lowest BCUT2D eigenvalue weighted by Gasteiger charge is -2.43. The number of anilines is 1. The highest BCUT2D eigenvalue weighted by atomic mass is 16.7. The van der Waals surface area contributed by atoms with Crippen molar-refractivity contribution in [1.29, 1.82) is 0 Å². The molecular formula is C32H36N2O3. The second kappa shape index (κ2) is 11.0. The number of rotatable bonds is 7. The van der Waals surface area contributed by atoms with Gasteiger partial charge in [0.1, 0.15) is 0 Å². The Balaban J connectivity index is 1.40. The topological polar surface area (TPSA) is 68.0 Å². The molecule has 5 atom stereocenters. The number of aliphatic hydroxyl groups excluding tert-OH is 1. The minimum Gasteiger partial charge on any atom is -0.399 e. The second-order valence-corrected chi connectivity index (χ2v) is 10.2. The lowest BCUT2D eigenvalue weighted by Crippen LogP contribution is -2.44. The van der Waals surface area contributed by atoms with Crippen LogP contribution in [-0.4, -0.2) is 29.7 Å². The van der Waals surface area contributed by atoms with Crippen molar-refractivity contribution in [2.45, 2.75) is 45.0 Å². The number of hydrogen-bond acceptors (Lipinski definition) is 5. The second-order valence-electron chi connectivity index (χ2n) is 10.2. The van der Waals surface area contributed by atoms with E-state index in [1.165, 1.54) is 16.3 Å². The summed E-state index contributed by atoms with van der Waals surface area (Å²) in [7, 11) is 2.16. The fraction of sp³-hybridized carbons (Fsp3) is 0.312. The Kier molecular flexibility index (Phi) is 7.58. The van der Waals surface area contributed by atoms with E-state index in [1.54, 1.807) is 0 Å². The fourth-order valence-corrected chi connectivity index (χ4v) is 5.20. The van der Waals surface area contributed by atoms with Gasteiger partial charge in [0.05, 0.1) is 18.8 Å². The molecule has 5 nitrogen and oxygen atoms in total. The molecule has 0 aliphatic carbocycles. The number of nitrogens with two attached hydrogens (primary N) is 1. The number of likely N-dealkylation sites (N-methyl/N-ethyl adjacent to an activating group) is 1. The van der Waals surface area contributed by atoms with Gasteiger partial charge < -0.3 is 20.3 Å². The van der Waals surface area contributed by atoms with Crippen LogP contribution in [0.25, 0.3) is 10.8 Å². The van der Waals surface area contributed by atoms with E-state index in [2.05, 4.69) is 68.3 Å². The molecule has 37 heavy (non-hydrogen) atoms. The van der Waals surface area contributed by atoms with Crippen LogP contribution in [0, 0.1) is 5.92 Å². The van der Waals surface area contributed by atoms with Gasteiger partial charge in [0.2, 0.25) is 0 Å². The first kappa shape index (κ1) is 25.4. The van der Waals surface area contributed by atoms with Crippen molar-refractivity contribution < 1.29 is 14.6 Å². The summed E-state index contributed by atoms with van der Waals surface area (Å²) in [5.41, 5.74) is 10.9. The summed E-state index contributed by atoms with van der Waals surface area (Å²) in [6.07, 6.45) is -0.727. The van der Waals surface area contributed by atoms with Crippen LogP contribution in [0.1, 0.15) is 54.5 Å². The van der Waals surface area contributed by atoms with Crippen LogP contribution < -0.4 is 5.73 Å². The fourth-order valence-electron chi connectivity index (χ4n) is 5.20. The van der Waals surface area contributed by atoms with Crippen molar-refractivity contribution in [3.8, 4) is 0 Å². The first-order chi connectivity index (χ1) is 17.9. The van der Waals surface area contributed by atoms with E-state index in [0.717, 1.165) is 23.2 Å². The van der Waals surface area contributed by atoms with Crippen LogP contribution in [0.3, 0.4) is 0 Å². The summed E-state index contributed by atoms with van der Waals surface area (Å²) >= 11 is 0. The first-order valence-corrected chi connectivity index (χ1v) is 13.0. The zero-order valence-corrected chi connectivity index (χ0v) is 21.7. The maximum absolute atomic E-state index is 9.48. The molecule has 0 unspecified atom stereocenters. The molecule has 5 rings (SSSR count). The van der Waals surface area contributed by atoms with Gasteiger partial charge in [0.15, 0.2) is 6.29 Å². The highest BCUT2D eigenvalue weighted by Gasteiger charge is 2.39. The average Bonchev–Trinajstić information content (AvgIpc) is 2.93. The Bertz CT molecular complexity index is 1340. The Morgan fingerprint density at radius 1 is 0.865 bits per heavy atom. The molecule has 5 heteroatoms. The third-order valence-electron chi connectivity index (χ3n) is 7.69. The van der Waals surface area contributed by atoms with Gasteiger partial charge in [-0.3, -0.25) is 4.90 Å². The standard InChI is InChI=1S/C32H36N2O3/c1-21-30(19-34(3)22(2)26-16-15-24-7-4-5-8-27(24)17-26)36-32(28-9-6-10-29(33)18-28)37-31(21)25-13-11-23(20-35)12-14-25/h4-18,21-22,30-32,35H,19-20,33H2,1-3H3/t21-,22+,30+,31+,32+/m0/s1. The third-order valence-corrected chi connectivity index (χ3v) is 7.69. The predicted molar refractivity (Wildman–Crippen MR) is 149 cm³/mol. The van der Waals surface area contributed by atoms with E-state index in [0.29, 0.717) is 5.69 Å². The van der Waals surface area contributed by atoms with Gasteiger partial charge >= 0.3 is 0 Å². The summed E-state index contributed by atoms with van der Waals surface area (Å²) in [5.74, 6) is 0.114. The van der Waals surface area contributed by atoms with E-state index < -0.39 is 6.29 Å². The Morgan fingerprint density at radius 3 is 2.35 bits per heavy atom. The van der Waals surface area contributed by atoms with Gasteiger partial charge in [-0.05, 0) is 59.6 Å². The summed E-state index contributed by atoms with van der Waals surface area (Å²) in [4.78, 5) is 2.36. The number of ether oxygens (including phenoxy) is 2. The molecule has 3 N–H and O–H groups in total. The summed E-state index contributed by atoms with van der Waals surface area (Å²) in [6, 6.07) is 31.1. The van der Waals surface area contributed by atoms with Crippen LogP contribution >= 0.6 is 0 Å². The molecule has 0 spiro atoms. The van der Waals surface area contributed by atoms with Gasteiger partial charge in [-0.2, -0.15) is 0 Å². The number of benzene rings is 4. The van der Waals surface area contributed by atoms with E-state index in [-0.39, 0.29) is 30.8 Å². The van der Waals surface area contributed by atoms with Crippen molar-refractivity contribution in [1.82, 2.24) is 4.90 Å². The molecule has 1 aliphatic heterocycles. The lowest BCUT2D eigenvalue weighted by molar-refractivity contribution is -0.276. The smallest absolute Gasteiger partial charge is 0.185 e. The van der Waals surface area contributed by atoms with Crippen molar-refractivity contribution in [3.05, 3.63) is 113 Å². The number of nitrogens with zero attached hydrogens (tertiary/aromatic N) is 1. The molecule has 4 aromatic rings. The Labute approximate surface area is 219 Å². The quantitative estimate of drug-likeness (QED) is 0.290. The minimum atomic E-state index is -0.517. The molecule has 0 bridgehead atoms. The highest BCUT2D eigenvalue weighted by molar-refractivity contribution is 5.83. The molecule has 0 saturated carbocycles. The van der Waals surface area contributed by atoms with Crippen molar-refractivity contribution in [3.63, 3.8) is 0 Å². The Morgan fingerprint density at radius 2 is 1.62 bits per heavy atom. The number of aliphatic hydroxyl groups is 1. The molecule has 4 aromatic carbocycles. The van der Waals surface area contributed by atoms with Gasteiger partial charge in [0, 0.05) is 29.8 Å². The summed E-state index contributed by atoms with van der Waals surface area (Å²) in [6.45, 7) is 5.22. The van der Waals surface area contributed by atoms with Crippen LogP contribution in [0.15, 0.2) is 91.0 Å². The molecule has 1 saturated heterocycles. The third kappa shape index (κ3) is 5.55. The molecule has 192 valence electrons. The highest BCUT2D eigenvalue weighted by Crippen LogP contribution is 2.42. The zero-order valence-electron chi connectivity index (χ0n) is 21.7. The summed E-state index contributed by atoms with van der Waals surface area (Å²) < 4.78 is 13.1. The van der Waals surface area contributed by atoms with E-state index in [1.807, 2.05) is 48.5 Å². The molecule has 0 aromatic heterocycles. The largest absolute Gasteiger partial charge is 0.399 e. The van der Waals surface area contributed by atoms with Crippen LogP contribution in [0.4, 0.5) is 5.69 Å². The lowest BCUT2D eigenvalue weighted by atomic mass is 9.89. The van der Waals surface area contributed by atoms with Crippen molar-refractivity contribution in [2.24, 2.45) is 5.92 Å². The molecular weight excluding hydrogens is 460 g/mol. The van der Waals surface area contributed by atoms with Gasteiger partial charge in [-0.15, -0.1) is 0 Å². The molecule has 0 amide bonds. The van der Waals surface area contributed by atoms with E-state index >= 15 is 0 Å². The maximum Gasteiger partial charge on any atom is 0.185 e. The predicted octanol–water partition coefficient (Wildman–Crippen LogP) is 6.40. The zero-order chi connectivity index (χ0) is 25.9. The minimum absolute atomic E-state index is 0.0243. The normalized spacial score (nSPS) is 22.8. The number of hydrogen-bond donors (Lipinski definition) is 2. The maximum atomic E-state index is 9.48. The first-order valence-electron chi connectivity index (χ1n) is 13.0. The van der Waals surface area contributed by atoms with Crippen LogP contribution in [0.2, 0.25) is 0 Å². The van der Waals surface area contributed by atoms with Crippen molar-refractivity contribution in [2.75, 3.05) is 19.3 Å². The molecule has 1 fully saturated rings. The molecule has 1 aliphatic rings. The monoisotopic (exact) mass is 496 g/mol. The van der Waals surface area contributed by atoms with Gasteiger partial charge in [-0.1, -0.05) is 79.7 Å². The number of nitrogen functional groups attached to an aromatic ring is 1. The van der Waals surface area contributed by atoms with E-state index in [9.17, 15) is 5.11 Å². The van der Waals surface area contributed by atoms with Crippen molar-refractivity contribution >= 4 is 16.5 Å². The van der Waals surface area contributed by atoms with Crippen LogP contribution in [-0.2, 0) is 16.1 Å². The SMILES string of the molecule is C[C@H]1[C@@H](CN(C)[C@H](C)c2ccc3ccccc3c2)O[C@@H](c2cccc(N)c2)O[C@H]1c1ccc(CO)cc1.